The maximum absolute atomic E-state index is 11.5. The van der Waals surface area contributed by atoms with Crippen LogP contribution >= 0.6 is 0 Å². The quantitative estimate of drug-likeness (QED) is 0.855. The molecule has 0 unspecified atom stereocenters. The van der Waals surface area contributed by atoms with E-state index in [0.29, 0.717) is 0 Å². The monoisotopic (exact) mass is 261 g/mol. The van der Waals surface area contributed by atoms with Crippen LogP contribution in [0.1, 0.15) is 43.7 Å². The molecular weight excluding hydrogens is 242 g/mol. The van der Waals surface area contributed by atoms with E-state index < -0.39 is 6.61 Å². The van der Waals surface area contributed by atoms with Crippen molar-refractivity contribution in [1.82, 2.24) is 5.32 Å². The average molecular weight is 261 g/mol. The first kappa shape index (κ1) is 12.5. The van der Waals surface area contributed by atoms with Crippen molar-refractivity contribution in [3.8, 4) is 5.75 Å². The molecule has 2 N–H and O–H groups in total. The molecule has 2 aliphatic rings. The van der Waals surface area contributed by atoms with E-state index in [1.54, 1.807) is 0 Å². The van der Waals surface area contributed by atoms with Crippen LogP contribution in [-0.4, -0.2) is 23.2 Å². The van der Waals surface area contributed by atoms with Crippen LogP contribution in [0.15, 0.2) is 24.3 Å². The molecule has 1 atom stereocenters. The highest BCUT2D eigenvalue weighted by atomic mass is 16.5. The van der Waals surface area contributed by atoms with Gasteiger partial charge >= 0.3 is 0 Å². The van der Waals surface area contributed by atoms with Gasteiger partial charge in [0.05, 0.1) is 6.04 Å². The van der Waals surface area contributed by atoms with Crippen molar-refractivity contribution in [2.75, 3.05) is 6.61 Å². The number of fused-ring (bicyclic) bond motifs is 1. The van der Waals surface area contributed by atoms with Crippen LogP contribution in [0.5, 0.6) is 5.75 Å². The SMILES string of the molecule is O=C(CO)N[C@@H]1CC2(CCCC2)Oc2ccccc21. The van der Waals surface area contributed by atoms with E-state index in [0.717, 1.165) is 30.6 Å². The Morgan fingerprint density at radius 2 is 2.11 bits per heavy atom. The lowest BCUT2D eigenvalue weighted by molar-refractivity contribution is -0.125. The normalized spacial score (nSPS) is 23.7. The van der Waals surface area contributed by atoms with Gasteiger partial charge in [-0.1, -0.05) is 18.2 Å². The molecule has 19 heavy (non-hydrogen) atoms. The maximum atomic E-state index is 11.5. The summed E-state index contributed by atoms with van der Waals surface area (Å²) >= 11 is 0. The second-order valence-electron chi connectivity index (χ2n) is 5.51. The van der Waals surface area contributed by atoms with E-state index in [-0.39, 0.29) is 17.6 Å². The van der Waals surface area contributed by atoms with Crippen LogP contribution in [0, 0.1) is 0 Å². The topological polar surface area (TPSA) is 58.6 Å². The zero-order chi connectivity index (χ0) is 13.3. The number of para-hydroxylation sites is 1. The molecule has 102 valence electrons. The van der Waals surface area contributed by atoms with Gasteiger partial charge in [0.1, 0.15) is 18.0 Å². The summed E-state index contributed by atoms with van der Waals surface area (Å²) in [6, 6.07) is 7.80. The lowest BCUT2D eigenvalue weighted by Crippen LogP contribution is -2.44. The molecule has 3 rings (SSSR count). The average Bonchev–Trinajstić information content (AvgIpc) is 2.86. The highest BCUT2D eigenvalue weighted by molar-refractivity contribution is 5.77. The molecule has 4 nitrogen and oxygen atoms in total. The molecule has 0 saturated heterocycles. The third kappa shape index (κ3) is 2.32. The Morgan fingerprint density at radius 3 is 2.84 bits per heavy atom. The molecular formula is C15H19NO3. The van der Waals surface area contributed by atoms with Gasteiger partial charge in [-0.25, -0.2) is 0 Å². The molecule has 0 bridgehead atoms. The van der Waals surface area contributed by atoms with Gasteiger partial charge in [-0.2, -0.15) is 0 Å². The number of amides is 1. The Bertz CT molecular complexity index is 480. The molecule has 1 saturated carbocycles. The number of hydrogen-bond acceptors (Lipinski definition) is 3. The van der Waals surface area contributed by atoms with Crippen molar-refractivity contribution in [3.05, 3.63) is 29.8 Å². The van der Waals surface area contributed by atoms with Gasteiger partial charge in [0.25, 0.3) is 0 Å². The minimum absolute atomic E-state index is 0.0531. The Labute approximate surface area is 112 Å². The number of rotatable bonds is 2. The number of aliphatic hydroxyl groups is 1. The Balaban J connectivity index is 1.91. The van der Waals surface area contributed by atoms with Gasteiger partial charge in [-0.3, -0.25) is 4.79 Å². The number of nitrogens with one attached hydrogen (secondary N) is 1. The molecule has 1 aliphatic heterocycles. The van der Waals surface area contributed by atoms with Gasteiger partial charge in [-0.05, 0) is 31.7 Å². The predicted octanol–water partition coefficient (Wildman–Crippen LogP) is 1.93. The third-order valence-electron chi connectivity index (χ3n) is 4.19. The summed E-state index contributed by atoms with van der Waals surface area (Å²) in [6.45, 7) is -0.466. The zero-order valence-electron chi connectivity index (χ0n) is 10.9. The second-order valence-corrected chi connectivity index (χ2v) is 5.51. The predicted molar refractivity (Wildman–Crippen MR) is 70.9 cm³/mol. The van der Waals surface area contributed by atoms with Gasteiger partial charge in [0, 0.05) is 12.0 Å². The zero-order valence-corrected chi connectivity index (χ0v) is 10.9. The maximum Gasteiger partial charge on any atom is 0.246 e. The number of carbonyl (C=O) groups excluding carboxylic acids is 1. The molecule has 1 heterocycles. The van der Waals surface area contributed by atoms with Crippen LogP contribution in [-0.2, 0) is 4.79 Å². The van der Waals surface area contributed by atoms with E-state index in [1.807, 2.05) is 24.3 Å². The van der Waals surface area contributed by atoms with Crippen molar-refractivity contribution in [3.63, 3.8) is 0 Å². The molecule has 1 aromatic carbocycles. The summed E-state index contributed by atoms with van der Waals surface area (Å²) < 4.78 is 6.21. The molecule has 0 aromatic heterocycles. The number of benzene rings is 1. The van der Waals surface area contributed by atoms with Crippen molar-refractivity contribution in [2.24, 2.45) is 0 Å². The lowest BCUT2D eigenvalue weighted by Gasteiger charge is -2.40. The molecule has 1 fully saturated rings. The number of aliphatic hydroxyl groups excluding tert-OH is 1. The summed E-state index contributed by atoms with van der Waals surface area (Å²) in [5.74, 6) is 0.550. The minimum atomic E-state index is -0.466. The van der Waals surface area contributed by atoms with Gasteiger partial charge < -0.3 is 15.2 Å². The van der Waals surface area contributed by atoms with Crippen LogP contribution in [0.25, 0.3) is 0 Å². The van der Waals surface area contributed by atoms with Crippen LogP contribution in [0.2, 0.25) is 0 Å². The number of carbonyl (C=O) groups is 1. The van der Waals surface area contributed by atoms with E-state index in [4.69, 9.17) is 9.84 Å². The van der Waals surface area contributed by atoms with Gasteiger partial charge in [0.2, 0.25) is 5.91 Å². The summed E-state index contributed by atoms with van der Waals surface area (Å²) in [4.78, 5) is 11.5. The fourth-order valence-electron chi connectivity index (χ4n) is 3.31. The molecule has 1 amide bonds. The Hall–Kier alpha value is -1.55. The van der Waals surface area contributed by atoms with Crippen molar-refractivity contribution >= 4 is 5.91 Å². The first-order valence-electron chi connectivity index (χ1n) is 6.91. The fraction of sp³-hybridized carbons (Fsp3) is 0.533. The van der Waals surface area contributed by atoms with Crippen LogP contribution in [0.4, 0.5) is 0 Å². The lowest BCUT2D eigenvalue weighted by atomic mass is 9.86. The Morgan fingerprint density at radius 1 is 1.37 bits per heavy atom. The van der Waals surface area contributed by atoms with Crippen molar-refractivity contribution < 1.29 is 14.6 Å². The van der Waals surface area contributed by atoms with Crippen LogP contribution < -0.4 is 10.1 Å². The molecule has 4 heteroatoms. The fourth-order valence-corrected chi connectivity index (χ4v) is 3.31. The molecule has 0 radical (unpaired) electrons. The first-order chi connectivity index (χ1) is 9.22. The van der Waals surface area contributed by atoms with Crippen LogP contribution in [0.3, 0.4) is 0 Å². The largest absolute Gasteiger partial charge is 0.487 e. The van der Waals surface area contributed by atoms with E-state index in [2.05, 4.69) is 5.32 Å². The summed E-state index contributed by atoms with van der Waals surface area (Å²) in [6.07, 6.45) is 5.26. The third-order valence-corrected chi connectivity index (χ3v) is 4.19. The number of hydrogen-bond donors (Lipinski definition) is 2. The highest BCUT2D eigenvalue weighted by Gasteiger charge is 2.43. The molecule has 1 aliphatic carbocycles. The van der Waals surface area contributed by atoms with E-state index in [1.165, 1.54) is 12.8 Å². The van der Waals surface area contributed by atoms with Crippen molar-refractivity contribution in [1.29, 1.82) is 0 Å². The van der Waals surface area contributed by atoms with E-state index >= 15 is 0 Å². The standard InChI is InChI=1S/C15H19NO3/c17-10-14(18)16-12-9-15(7-3-4-8-15)19-13-6-2-1-5-11(12)13/h1-2,5-6,12,17H,3-4,7-10H2,(H,16,18)/t12-/m1/s1. The summed E-state index contributed by atoms with van der Waals surface area (Å²) in [5.41, 5.74) is 0.892. The summed E-state index contributed by atoms with van der Waals surface area (Å²) in [7, 11) is 0. The smallest absolute Gasteiger partial charge is 0.246 e. The molecule has 1 aromatic rings. The Kier molecular flexibility index (Phi) is 3.19. The number of ether oxygens (including phenoxy) is 1. The highest BCUT2D eigenvalue weighted by Crippen LogP contribution is 2.46. The molecule has 1 spiro atoms. The van der Waals surface area contributed by atoms with Crippen molar-refractivity contribution in [2.45, 2.75) is 43.7 Å². The van der Waals surface area contributed by atoms with E-state index in [9.17, 15) is 4.79 Å². The second kappa shape index (κ2) is 4.85. The first-order valence-corrected chi connectivity index (χ1v) is 6.91. The summed E-state index contributed by atoms with van der Waals surface area (Å²) in [5, 5.41) is 11.8. The van der Waals surface area contributed by atoms with Gasteiger partial charge in [0.15, 0.2) is 0 Å². The minimum Gasteiger partial charge on any atom is -0.487 e. The van der Waals surface area contributed by atoms with Gasteiger partial charge in [-0.15, -0.1) is 0 Å².